The van der Waals surface area contributed by atoms with Crippen LogP contribution in [0.5, 0.6) is 0 Å². The van der Waals surface area contributed by atoms with Crippen LogP contribution in [0.1, 0.15) is 12.2 Å². The van der Waals surface area contributed by atoms with E-state index in [9.17, 15) is 8.78 Å². The van der Waals surface area contributed by atoms with Crippen molar-refractivity contribution >= 4 is 0 Å². The molecule has 2 rings (SSSR count). The van der Waals surface area contributed by atoms with E-state index in [1.54, 1.807) is 30.5 Å². The van der Waals surface area contributed by atoms with Crippen molar-refractivity contribution in [3.63, 3.8) is 0 Å². The summed E-state index contributed by atoms with van der Waals surface area (Å²) < 4.78 is 26.1. The molecule has 2 aromatic heterocycles. The highest BCUT2D eigenvalue weighted by molar-refractivity contribution is 5.53. The molecule has 0 saturated heterocycles. The van der Waals surface area contributed by atoms with Crippen molar-refractivity contribution in [3.8, 4) is 11.4 Å². The van der Waals surface area contributed by atoms with E-state index >= 15 is 0 Å². The molecule has 0 atom stereocenters. The number of rotatable bonds is 4. The van der Waals surface area contributed by atoms with Crippen LogP contribution in [0.3, 0.4) is 0 Å². The Labute approximate surface area is 97.1 Å². The lowest BCUT2D eigenvalue weighted by atomic mass is 10.2. The smallest absolute Gasteiger partial charge is 0.330 e. The summed E-state index contributed by atoms with van der Waals surface area (Å²) >= 11 is 0. The first-order valence-corrected chi connectivity index (χ1v) is 5.20. The minimum Gasteiger partial charge on any atom is -0.330 e. The summed E-state index contributed by atoms with van der Waals surface area (Å²) in [5.74, 6) is 0. The number of nitrogens with two attached hydrogens (primary N) is 1. The number of nitrogens with zero attached hydrogens (tertiary/aromatic N) is 3. The van der Waals surface area contributed by atoms with Crippen LogP contribution in [-0.4, -0.2) is 21.3 Å². The molecular formula is C11H12F2N4. The maximum atomic E-state index is 12.7. The number of hydrogen-bond acceptors (Lipinski definition) is 3. The summed E-state index contributed by atoms with van der Waals surface area (Å²) in [6, 6.07) is 6.87. The standard InChI is InChI=1S/C11H12F2N4/c12-11(13)17-8(4-5-14)7-10(16-17)9-3-1-2-6-15-9/h1-3,6-7,11H,4-5,14H2. The lowest BCUT2D eigenvalue weighted by molar-refractivity contribution is 0.0538. The monoisotopic (exact) mass is 238 g/mol. The zero-order valence-electron chi connectivity index (χ0n) is 9.05. The van der Waals surface area contributed by atoms with Gasteiger partial charge in [-0.25, -0.2) is 4.68 Å². The van der Waals surface area contributed by atoms with Crippen molar-refractivity contribution in [1.29, 1.82) is 0 Å². The molecule has 2 N–H and O–H groups in total. The van der Waals surface area contributed by atoms with Crippen LogP contribution in [0, 0.1) is 0 Å². The number of hydrogen-bond donors (Lipinski definition) is 1. The molecule has 0 fully saturated rings. The Kier molecular flexibility index (Phi) is 3.43. The third kappa shape index (κ3) is 2.47. The van der Waals surface area contributed by atoms with Gasteiger partial charge in [0, 0.05) is 18.3 Å². The average Bonchev–Trinajstić information content (AvgIpc) is 2.75. The second-order valence-electron chi connectivity index (χ2n) is 3.50. The number of pyridine rings is 1. The van der Waals surface area contributed by atoms with Crippen LogP contribution in [0.25, 0.3) is 11.4 Å². The summed E-state index contributed by atoms with van der Waals surface area (Å²) in [6.45, 7) is -2.35. The van der Waals surface area contributed by atoms with Gasteiger partial charge in [0.1, 0.15) is 5.69 Å². The summed E-state index contributed by atoms with van der Waals surface area (Å²) in [4.78, 5) is 4.07. The Balaban J connectivity index is 2.40. The molecule has 90 valence electrons. The molecule has 0 spiro atoms. The maximum absolute atomic E-state index is 12.7. The number of halogens is 2. The van der Waals surface area contributed by atoms with Gasteiger partial charge in [0.05, 0.1) is 5.69 Å². The molecule has 2 aromatic rings. The first kappa shape index (κ1) is 11.7. The molecular weight excluding hydrogens is 226 g/mol. The Morgan fingerprint density at radius 1 is 1.29 bits per heavy atom. The summed E-state index contributed by atoms with van der Waals surface area (Å²) in [6.07, 6.45) is 1.96. The van der Waals surface area contributed by atoms with Crippen LogP contribution >= 0.6 is 0 Å². The fraction of sp³-hybridized carbons (Fsp3) is 0.273. The first-order valence-electron chi connectivity index (χ1n) is 5.20. The van der Waals surface area contributed by atoms with Crippen LogP contribution in [0.4, 0.5) is 8.78 Å². The highest BCUT2D eigenvalue weighted by Gasteiger charge is 2.15. The lowest BCUT2D eigenvalue weighted by Crippen LogP contribution is -2.10. The lowest BCUT2D eigenvalue weighted by Gasteiger charge is -2.03. The Morgan fingerprint density at radius 2 is 2.12 bits per heavy atom. The molecule has 0 aliphatic rings. The van der Waals surface area contributed by atoms with E-state index in [2.05, 4.69) is 10.1 Å². The summed E-state index contributed by atoms with van der Waals surface area (Å²) in [5, 5.41) is 3.85. The highest BCUT2D eigenvalue weighted by Crippen LogP contribution is 2.21. The average molecular weight is 238 g/mol. The predicted octanol–water partition coefficient (Wildman–Crippen LogP) is 1.84. The van der Waals surface area contributed by atoms with Gasteiger partial charge in [0.25, 0.3) is 0 Å². The molecule has 0 aliphatic heterocycles. The second kappa shape index (κ2) is 5.01. The second-order valence-corrected chi connectivity index (χ2v) is 3.50. The van der Waals surface area contributed by atoms with Gasteiger partial charge in [0.2, 0.25) is 0 Å². The summed E-state index contributed by atoms with van der Waals surface area (Å²) in [7, 11) is 0. The van der Waals surface area contributed by atoms with Crippen LogP contribution in [0.2, 0.25) is 0 Å². The molecule has 0 saturated carbocycles. The fourth-order valence-corrected chi connectivity index (χ4v) is 1.58. The maximum Gasteiger partial charge on any atom is 0.333 e. The van der Waals surface area contributed by atoms with Gasteiger partial charge in [0.15, 0.2) is 0 Å². The van der Waals surface area contributed by atoms with E-state index in [4.69, 9.17) is 5.73 Å². The van der Waals surface area contributed by atoms with Crippen LogP contribution in [0.15, 0.2) is 30.5 Å². The van der Waals surface area contributed by atoms with Crippen molar-refractivity contribution in [1.82, 2.24) is 14.8 Å². The van der Waals surface area contributed by atoms with Crippen molar-refractivity contribution in [2.75, 3.05) is 6.54 Å². The third-order valence-corrected chi connectivity index (χ3v) is 2.33. The van der Waals surface area contributed by atoms with Gasteiger partial charge in [-0.15, -0.1) is 0 Å². The zero-order valence-corrected chi connectivity index (χ0v) is 9.05. The van der Waals surface area contributed by atoms with Crippen molar-refractivity contribution in [2.45, 2.75) is 13.0 Å². The number of aromatic nitrogens is 3. The van der Waals surface area contributed by atoms with Gasteiger partial charge >= 0.3 is 6.55 Å². The van der Waals surface area contributed by atoms with E-state index in [0.717, 1.165) is 0 Å². The van der Waals surface area contributed by atoms with Crippen molar-refractivity contribution in [3.05, 3.63) is 36.2 Å². The SMILES string of the molecule is NCCc1cc(-c2ccccn2)nn1C(F)F. The van der Waals surface area contributed by atoms with E-state index in [1.165, 1.54) is 0 Å². The fourth-order valence-electron chi connectivity index (χ4n) is 1.58. The molecule has 0 aliphatic carbocycles. The quantitative estimate of drug-likeness (QED) is 0.884. The molecule has 0 amide bonds. The number of alkyl halides is 2. The molecule has 2 heterocycles. The van der Waals surface area contributed by atoms with Crippen molar-refractivity contribution in [2.24, 2.45) is 5.73 Å². The summed E-state index contributed by atoms with van der Waals surface area (Å²) in [5.41, 5.74) is 6.81. The largest absolute Gasteiger partial charge is 0.333 e. The van der Waals surface area contributed by atoms with Gasteiger partial charge < -0.3 is 5.73 Å². The first-order chi connectivity index (χ1) is 8.22. The van der Waals surface area contributed by atoms with Gasteiger partial charge in [-0.3, -0.25) is 4.98 Å². The predicted molar refractivity (Wildman–Crippen MR) is 59.5 cm³/mol. The van der Waals surface area contributed by atoms with Crippen LogP contribution in [-0.2, 0) is 6.42 Å². The molecule has 6 heteroatoms. The third-order valence-electron chi connectivity index (χ3n) is 2.33. The highest BCUT2D eigenvalue weighted by atomic mass is 19.3. The molecule has 0 bridgehead atoms. The van der Waals surface area contributed by atoms with E-state index in [1.807, 2.05) is 0 Å². The normalized spacial score (nSPS) is 11.1. The Bertz CT molecular complexity index is 481. The van der Waals surface area contributed by atoms with Gasteiger partial charge in [-0.05, 0) is 24.7 Å². The minimum atomic E-state index is -2.66. The van der Waals surface area contributed by atoms with Crippen LogP contribution < -0.4 is 5.73 Å². The zero-order chi connectivity index (χ0) is 12.3. The van der Waals surface area contributed by atoms with E-state index in [0.29, 0.717) is 34.7 Å². The van der Waals surface area contributed by atoms with Crippen molar-refractivity contribution < 1.29 is 8.78 Å². The van der Waals surface area contributed by atoms with Gasteiger partial charge in [-0.2, -0.15) is 13.9 Å². The molecule has 0 radical (unpaired) electrons. The Hall–Kier alpha value is -1.82. The van der Waals surface area contributed by atoms with E-state index in [-0.39, 0.29) is 0 Å². The minimum absolute atomic E-state index is 0.306. The Morgan fingerprint density at radius 3 is 2.71 bits per heavy atom. The van der Waals surface area contributed by atoms with Gasteiger partial charge in [-0.1, -0.05) is 6.07 Å². The molecule has 17 heavy (non-hydrogen) atoms. The molecule has 0 aromatic carbocycles. The van der Waals surface area contributed by atoms with E-state index < -0.39 is 6.55 Å². The topological polar surface area (TPSA) is 56.7 Å². The molecule has 4 nitrogen and oxygen atoms in total. The molecule has 0 unspecified atom stereocenters.